The summed E-state index contributed by atoms with van der Waals surface area (Å²) in [6, 6.07) is 7.07. The third-order valence-corrected chi connectivity index (χ3v) is 2.58. The number of hydrogen-bond acceptors (Lipinski definition) is 4. The Morgan fingerprint density at radius 2 is 2.12 bits per heavy atom. The SMILES string of the molecule is O=c1ccncn1Cc1ccc2c(c1)OCO2. The van der Waals surface area contributed by atoms with Crippen LogP contribution in [0.5, 0.6) is 11.5 Å². The van der Waals surface area contributed by atoms with Gasteiger partial charge in [-0.25, -0.2) is 4.98 Å². The standard InChI is InChI=1S/C12H10N2O3/c15-12-3-4-13-7-14(12)6-9-1-2-10-11(5-9)17-8-16-10/h1-5,7H,6,8H2. The average molecular weight is 230 g/mol. The van der Waals surface area contributed by atoms with Gasteiger partial charge in [0, 0.05) is 12.3 Å². The highest BCUT2D eigenvalue weighted by Gasteiger charge is 2.13. The van der Waals surface area contributed by atoms with Gasteiger partial charge in [0.05, 0.1) is 12.9 Å². The third kappa shape index (κ3) is 1.87. The van der Waals surface area contributed by atoms with Crippen LogP contribution in [0.4, 0.5) is 0 Å². The maximum atomic E-state index is 11.5. The number of hydrogen-bond donors (Lipinski definition) is 0. The van der Waals surface area contributed by atoms with Gasteiger partial charge < -0.3 is 9.47 Å². The second-order valence-corrected chi connectivity index (χ2v) is 3.73. The van der Waals surface area contributed by atoms with Gasteiger partial charge >= 0.3 is 0 Å². The van der Waals surface area contributed by atoms with E-state index >= 15 is 0 Å². The van der Waals surface area contributed by atoms with E-state index in [2.05, 4.69) is 4.98 Å². The van der Waals surface area contributed by atoms with E-state index in [1.807, 2.05) is 18.2 Å². The molecule has 0 unspecified atom stereocenters. The molecule has 17 heavy (non-hydrogen) atoms. The van der Waals surface area contributed by atoms with E-state index in [-0.39, 0.29) is 12.4 Å². The van der Waals surface area contributed by atoms with Crippen molar-refractivity contribution in [2.45, 2.75) is 6.54 Å². The first-order chi connectivity index (χ1) is 8.33. The molecule has 1 aromatic heterocycles. The van der Waals surface area contributed by atoms with E-state index in [9.17, 15) is 4.79 Å². The lowest BCUT2D eigenvalue weighted by atomic mass is 10.2. The van der Waals surface area contributed by atoms with E-state index < -0.39 is 0 Å². The highest BCUT2D eigenvalue weighted by molar-refractivity contribution is 5.44. The van der Waals surface area contributed by atoms with Crippen molar-refractivity contribution in [3.05, 3.63) is 52.7 Å². The molecule has 0 saturated heterocycles. The molecule has 5 heteroatoms. The second kappa shape index (κ2) is 3.93. The first kappa shape index (κ1) is 9.89. The zero-order valence-corrected chi connectivity index (χ0v) is 9.00. The largest absolute Gasteiger partial charge is 0.454 e. The topological polar surface area (TPSA) is 53.4 Å². The molecule has 1 aromatic carbocycles. The Kier molecular flexibility index (Phi) is 2.29. The highest BCUT2D eigenvalue weighted by atomic mass is 16.7. The first-order valence-corrected chi connectivity index (χ1v) is 5.22. The van der Waals surface area contributed by atoms with E-state index in [1.54, 1.807) is 0 Å². The highest BCUT2D eigenvalue weighted by Crippen LogP contribution is 2.32. The van der Waals surface area contributed by atoms with Crippen LogP contribution >= 0.6 is 0 Å². The second-order valence-electron chi connectivity index (χ2n) is 3.73. The van der Waals surface area contributed by atoms with Crippen molar-refractivity contribution < 1.29 is 9.47 Å². The number of fused-ring (bicyclic) bond motifs is 1. The van der Waals surface area contributed by atoms with Crippen molar-refractivity contribution in [3.63, 3.8) is 0 Å². The van der Waals surface area contributed by atoms with Crippen LogP contribution in [0, 0.1) is 0 Å². The maximum absolute atomic E-state index is 11.5. The summed E-state index contributed by atoms with van der Waals surface area (Å²) in [7, 11) is 0. The zero-order valence-electron chi connectivity index (χ0n) is 9.00. The molecule has 86 valence electrons. The van der Waals surface area contributed by atoms with Gasteiger partial charge in [0.1, 0.15) is 0 Å². The molecular formula is C12H10N2O3. The fourth-order valence-electron chi connectivity index (χ4n) is 1.73. The van der Waals surface area contributed by atoms with Crippen LogP contribution in [-0.4, -0.2) is 16.3 Å². The van der Waals surface area contributed by atoms with Crippen molar-refractivity contribution >= 4 is 0 Å². The monoisotopic (exact) mass is 230 g/mol. The first-order valence-electron chi connectivity index (χ1n) is 5.22. The summed E-state index contributed by atoms with van der Waals surface area (Å²) in [6.07, 6.45) is 3.01. The van der Waals surface area contributed by atoms with Crippen LogP contribution in [0.15, 0.2) is 41.6 Å². The van der Waals surface area contributed by atoms with Crippen LogP contribution in [0.25, 0.3) is 0 Å². The normalized spacial score (nSPS) is 12.7. The van der Waals surface area contributed by atoms with Gasteiger partial charge in [-0.1, -0.05) is 6.07 Å². The summed E-state index contributed by atoms with van der Waals surface area (Å²) in [6.45, 7) is 0.731. The molecule has 2 heterocycles. The van der Waals surface area contributed by atoms with E-state index in [0.29, 0.717) is 6.54 Å². The fourth-order valence-corrected chi connectivity index (χ4v) is 1.73. The Morgan fingerprint density at radius 3 is 3.00 bits per heavy atom. The van der Waals surface area contributed by atoms with E-state index in [0.717, 1.165) is 17.1 Å². The van der Waals surface area contributed by atoms with E-state index in [4.69, 9.17) is 9.47 Å². The van der Waals surface area contributed by atoms with Crippen molar-refractivity contribution in [1.82, 2.24) is 9.55 Å². The quantitative estimate of drug-likeness (QED) is 0.773. The van der Waals surface area contributed by atoms with Gasteiger partial charge in [0.25, 0.3) is 5.56 Å². The summed E-state index contributed by atoms with van der Waals surface area (Å²) < 4.78 is 12.0. The number of benzene rings is 1. The minimum atomic E-state index is -0.0716. The molecule has 0 bridgehead atoms. The van der Waals surface area contributed by atoms with Gasteiger partial charge in [0.15, 0.2) is 11.5 Å². The number of rotatable bonds is 2. The molecule has 3 rings (SSSR count). The summed E-state index contributed by atoms with van der Waals surface area (Å²) in [5, 5.41) is 0. The molecular weight excluding hydrogens is 220 g/mol. The Labute approximate surface area is 97.3 Å². The molecule has 0 aliphatic carbocycles. The number of ether oxygens (including phenoxy) is 2. The predicted molar refractivity (Wildman–Crippen MR) is 60.2 cm³/mol. The molecule has 1 aliphatic heterocycles. The van der Waals surface area contributed by atoms with Gasteiger partial charge in [-0.05, 0) is 17.7 Å². The lowest BCUT2D eigenvalue weighted by Gasteiger charge is -2.05. The molecule has 0 atom stereocenters. The summed E-state index contributed by atoms with van der Waals surface area (Å²) >= 11 is 0. The van der Waals surface area contributed by atoms with Gasteiger partial charge in [-0.15, -0.1) is 0 Å². The zero-order chi connectivity index (χ0) is 11.7. The molecule has 0 radical (unpaired) electrons. The predicted octanol–water partition coefficient (Wildman–Crippen LogP) is 1.02. The Balaban J connectivity index is 1.91. The van der Waals surface area contributed by atoms with Crippen LogP contribution < -0.4 is 15.0 Å². The van der Waals surface area contributed by atoms with Crippen molar-refractivity contribution in [1.29, 1.82) is 0 Å². The van der Waals surface area contributed by atoms with Crippen LogP contribution in [0.1, 0.15) is 5.56 Å². The Bertz CT molecular complexity index is 607. The van der Waals surface area contributed by atoms with Crippen LogP contribution in [0.3, 0.4) is 0 Å². The minimum absolute atomic E-state index is 0.0716. The van der Waals surface area contributed by atoms with Gasteiger partial charge in [-0.2, -0.15) is 0 Å². The number of aromatic nitrogens is 2. The minimum Gasteiger partial charge on any atom is -0.454 e. The van der Waals surface area contributed by atoms with Gasteiger partial charge in [0.2, 0.25) is 6.79 Å². The summed E-state index contributed by atoms with van der Waals surface area (Å²) in [5.41, 5.74) is 0.905. The summed E-state index contributed by atoms with van der Waals surface area (Å²) in [5.74, 6) is 1.46. The maximum Gasteiger partial charge on any atom is 0.253 e. The van der Waals surface area contributed by atoms with E-state index in [1.165, 1.54) is 23.2 Å². The lowest BCUT2D eigenvalue weighted by Crippen LogP contribution is -2.19. The Hall–Kier alpha value is -2.30. The molecule has 1 aliphatic rings. The smallest absolute Gasteiger partial charge is 0.253 e. The van der Waals surface area contributed by atoms with Crippen molar-refractivity contribution in [2.75, 3.05) is 6.79 Å². The Morgan fingerprint density at radius 1 is 1.24 bits per heavy atom. The molecule has 5 nitrogen and oxygen atoms in total. The lowest BCUT2D eigenvalue weighted by molar-refractivity contribution is 0.174. The van der Waals surface area contributed by atoms with Crippen molar-refractivity contribution in [3.8, 4) is 11.5 Å². The number of nitrogens with zero attached hydrogens (tertiary/aromatic N) is 2. The van der Waals surface area contributed by atoms with Crippen LogP contribution in [0.2, 0.25) is 0 Å². The molecule has 2 aromatic rings. The third-order valence-electron chi connectivity index (χ3n) is 2.58. The molecule has 0 N–H and O–H groups in total. The molecule has 0 spiro atoms. The molecule has 0 fully saturated rings. The summed E-state index contributed by atoms with van der Waals surface area (Å²) in [4.78, 5) is 15.4. The molecule has 0 saturated carbocycles. The van der Waals surface area contributed by atoms with Crippen molar-refractivity contribution in [2.24, 2.45) is 0 Å². The fraction of sp³-hybridized carbons (Fsp3) is 0.167. The van der Waals surface area contributed by atoms with Gasteiger partial charge in [-0.3, -0.25) is 9.36 Å². The average Bonchev–Trinajstić information content (AvgIpc) is 2.79. The van der Waals surface area contributed by atoms with Crippen LogP contribution in [-0.2, 0) is 6.54 Å². The molecule has 0 amide bonds.